The standard InChI is InChI=1S/C21H25ClFN3O/c1-15-9-12-26(13-10-15)18-5-2-16(3-6-18)24-11-8-21(27)25-17-4-7-20(23)19(22)14-17/h2-7,14-15,24H,8-13H2,1H3,(H,25,27). The zero-order valence-electron chi connectivity index (χ0n) is 15.5. The van der Waals surface area contributed by atoms with E-state index in [0.717, 1.165) is 24.7 Å². The lowest BCUT2D eigenvalue weighted by Crippen LogP contribution is -2.32. The Balaban J connectivity index is 1.43. The summed E-state index contributed by atoms with van der Waals surface area (Å²) in [5.74, 6) is 0.169. The van der Waals surface area contributed by atoms with Gasteiger partial charge in [0, 0.05) is 43.1 Å². The molecule has 144 valence electrons. The van der Waals surface area contributed by atoms with Crippen LogP contribution in [0.5, 0.6) is 0 Å². The van der Waals surface area contributed by atoms with Gasteiger partial charge in [0.1, 0.15) is 5.82 Å². The van der Waals surface area contributed by atoms with Crippen molar-refractivity contribution in [1.29, 1.82) is 0 Å². The van der Waals surface area contributed by atoms with Gasteiger partial charge in [-0.2, -0.15) is 0 Å². The van der Waals surface area contributed by atoms with E-state index in [1.54, 1.807) is 0 Å². The van der Waals surface area contributed by atoms with E-state index in [1.807, 2.05) is 12.1 Å². The van der Waals surface area contributed by atoms with Gasteiger partial charge in [0.15, 0.2) is 0 Å². The van der Waals surface area contributed by atoms with Crippen LogP contribution in [0.3, 0.4) is 0 Å². The molecule has 27 heavy (non-hydrogen) atoms. The Morgan fingerprint density at radius 1 is 1.15 bits per heavy atom. The lowest BCUT2D eigenvalue weighted by atomic mass is 9.99. The normalized spacial score (nSPS) is 14.9. The van der Waals surface area contributed by atoms with Gasteiger partial charge in [-0.15, -0.1) is 0 Å². The first kappa shape index (κ1) is 19.5. The van der Waals surface area contributed by atoms with Crippen LogP contribution >= 0.6 is 11.6 Å². The molecule has 1 fully saturated rings. The van der Waals surface area contributed by atoms with Gasteiger partial charge in [0.25, 0.3) is 0 Å². The smallest absolute Gasteiger partial charge is 0.226 e. The molecule has 0 aliphatic carbocycles. The molecule has 0 aromatic heterocycles. The van der Waals surface area contributed by atoms with Crippen molar-refractivity contribution in [2.45, 2.75) is 26.2 Å². The van der Waals surface area contributed by atoms with Gasteiger partial charge in [-0.25, -0.2) is 4.39 Å². The predicted octanol–water partition coefficient (Wildman–Crippen LogP) is 5.16. The first-order valence-corrected chi connectivity index (χ1v) is 9.73. The number of nitrogens with zero attached hydrogens (tertiary/aromatic N) is 1. The number of amides is 1. The molecule has 6 heteroatoms. The predicted molar refractivity (Wildman–Crippen MR) is 110 cm³/mol. The maximum atomic E-state index is 13.1. The van der Waals surface area contributed by atoms with Crippen LogP contribution in [0.2, 0.25) is 5.02 Å². The number of carbonyl (C=O) groups excluding carboxylic acids is 1. The monoisotopic (exact) mass is 389 g/mol. The summed E-state index contributed by atoms with van der Waals surface area (Å²) in [5, 5.41) is 5.96. The highest BCUT2D eigenvalue weighted by Crippen LogP contribution is 2.24. The van der Waals surface area contributed by atoms with Crippen LogP contribution in [-0.4, -0.2) is 25.5 Å². The van der Waals surface area contributed by atoms with Gasteiger partial charge in [0.05, 0.1) is 5.02 Å². The minimum absolute atomic E-state index is 0.00539. The Labute approximate surface area is 164 Å². The van der Waals surface area contributed by atoms with Gasteiger partial charge in [0.2, 0.25) is 5.91 Å². The Morgan fingerprint density at radius 2 is 1.81 bits per heavy atom. The third-order valence-electron chi connectivity index (χ3n) is 4.90. The van der Waals surface area contributed by atoms with Crippen LogP contribution in [0.1, 0.15) is 26.2 Å². The summed E-state index contributed by atoms with van der Waals surface area (Å²) in [5.41, 5.74) is 2.73. The number of halogens is 2. The van der Waals surface area contributed by atoms with Crippen molar-refractivity contribution in [3.8, 4) is 0 Å². The SMILES string of the molecule is CC1CCN(c2ccc(NCCC(=O)Nc3ccc(F)c(Cl)c3)cc2)CC1. The average molecular weight is 390 g/mol. The third-order valence-corrected chi connectivity index (χ3v) is 5.19. The summed E-state index contributed by atoms with van der Waals surface area (Å²) in [6.45, 7) is 5.05. The third kappa shape index (κ3) is 5.60. The molecule has 0 spiro atoms. The Bertz CT molecular complexity index is 773. The second kappa shape index (κ2) is 9.09. The summed E-state index contributed by atoms with van der Waals surface area (Å²) >= 11 is 5.72. The van der Waals surface area contributed by atoms with Crippen LogP contribution in [0, 0.1) is 11.7 Å². The second-order valence-electron chi connectivity index (χ2n) is 7.07. The zero-order chi connectivity index (χ0) is 19.2. The fourth-order valence-corrected chi connectivity index (χ4v) is 3.36. The molecule has 2 aromatic rings. The number of anilines is 3. The molecule has 1 heterocycles. The van der Waals surface area contributed by atoms with Crippen LogP contribution in [-0.2, 0) is 4.79 Å². The molecule has 0 bridgehead atoms. The largest absolute Gasteiger partial charge is 0.385 e. The summed E-state index contributed by atoms with van der Waals surface area (Å²) in [7, 11) is 0. The van der Waals surface area contributed by atoms with Crippen molar-refractivity contribution in [2.24, 2.45) is 5.92 Å². The van der Waals surface area contributed by atoms with E-state index in [4.69, 9.17) is 11.6 Å². The van der Waals surface area contributed by atoms with E-state index in [0.29, 0.717) is 18.7 Å². The summed E-state index contributed by atoms with van der Waals surface area (Å²) < 4.78 is 13.1. The molecule has 2 N–H and O–H groups in total. The molecule has 1 saturated heterocycles. The highest BCUT2D eigenvalue weighted by Gasteiger charge is 2.15. The maximum Gasteiger partial charge on any atom is 0.226 e. The minimum Gasteiger partial charge on any atom is -0.385 e. The lowest BCUT2D eigenvalue weighted by molar-refractivity contribution is -0.115. The number of piperidine rings is 1. The van der Waals surface area contributed by atoms with Crippen LogP contribution in [0.4, 0.5) is 21.5 Å². The maximum absolute atomic E-state index is 13.1. The molecule has 1 amide bonds. The first-order valence-electron chi connectivity index (χ1n) is 9.35. The average Bonchev–Trinajstić information content (AvgIpc) is 2.66. The number of hydrogen-bond acceptors (Lipinski definition) is 3. The fraction of sp³-hybridized carbons (Fsp3) is 0.381. The van der Waals surface area contributed by atoms with Crippen LogP contribution in [0.15, 0.2) is 42.5 Å². The molecule has 3 rings (SSSR count). The van der Waals surface area contributed by atoms with Crippen LogP contribution < -0.4 is 15.5 Å². The van der Waals surface area contributed by atoms with E-state index in [1.165, 1.54) is 36.7 Å². The van der Waals surface area contributed by atoms with Crippen molar-refractivity contribution in [3.05, 3.63) is 53.3 Å². The molecular formula is C21H25ClFN3O. The van der Waals surface area contributed by atoms with E-state index in [-0.39, 0.29) is 10.9 Å². The summed E-state index contributed by atoms with van der Waals surface area (Å²) in [4.78, 5) is 14.4. The Morgan fingerprint density at radius 3 is 2.48 bits per heavy atom. The van der Waals surface area contributed by atoms with E-state index in [2.05, 4.69) is 34.6 Å². The van der Waals surface area contributed by atoms with Crippen molar-refractivity contribution in [2.75, 3.05) is 35.2 Å². The highest BCUT2D eigenvalue weighted by atomic mass is 35.5. The first-order chi connectivity index (χ1) is 13.0. The zero-order valence-corrected chi connectivity index (χ0v) is 16.2. The van der Waals surface area contributed by atoms with Crippen molar-refractivity contribution in [1.82, 2.24) is 0 Å². The van der Waals surface area contributed by atoms with Gasteiger partial charge in [-0.1, -0.05) is 18.5 Å². The topological polar surface area (TPSA) is 44.4 Å². The number of hydrogen-bond donors (Lipinski definition) is 2. The number of rotatable bonds is 6. The molecule has 0 radical (unpaired) electrons. The lowest BCUT2D eigenvalue weighted by Gasteiger charge is -2.32. The van der Waals surface area contributed by atoms with E-state index in [9.17, 15) is 9.18 Å². The fourth-order valence-electron chi connectivity index (χ4n) is 3.17. The molecule has 4 nitrogen and oxygen atoms in total. The molecule has 1 aliphatic heterocycles. The number of benzene rings is 2. The van der Waals surface area contributed by atoms with Gasteiger partial charge >= 0.3 is 0 Å². The summed E-state index contributed by atoms with van der Waals surface area (Å²) in [6.07, 6.45) is 2.80. The molecule has 0 unspecified atom stereocenters. The van der Waals surface area contributed by atoms with Gasteiger partial charge in [-0.3, -0.25) is 4.79 Å². The van der Waals surface area contributed by atoms with Crippen molar-refractivity contribution < 1.29 is 9.18 Å². The quantitative estimate of drug-likeness (QED) is 0.717. The van der Waals surface area contributed by atoms with Crippen molar-refractivity contribution in [3.63, 3.8) is 0 Å². The van der Waals surface area contributed by atoms with Gasteiger partial charge in [-0.05, 0) is 61.2 Å². The highest BCUT2D eigenvalue weighted by molar-refractivity contribution is 6.31. The molecule has 0 saturated carbocycles. The minimum atomic E-state index is -0.501. The molecule has 1 aliphatic rings. The number of carbonyl (C=O) groups is 1. The van der Waals surface area contributed by atoms with Crippen molar-refractivity contribution >= 4 is 34.6 Å². The van der Waals surface area contributed by atoms with E-state index >= 15 is 0 Å². The number of nitrogens with one attached hydrogen (secondary N) is 2. The van der Waals surface area contributed by atoms with E-state index < -0.39 is 5.82 Å². The van der Waals surface area contributed by atoms with Crippen LogP contribution in [0.25, 0.3) is 0 Å². The Hall–Kier alpha value is -2.27. The van der Waals surface area contributed by atoms with Gasteiger partial charge < -0.3 is 15.5 Å². The summed E-state index contributed by atoms with van der Waals surface area (Å²) in [6, 6.07) is 12.5. The molecule has 2 aromatic carbocycles. The molecule has 0 atom stereocenters. The Kier molecular flexibility index (Phi) is 6.56. The second-order valence-corrected chi connectivity index (χ2v) is 7.48. The molecular weight excluding hydrogens is 365 g/mol.